The van der Waals surface area contributed by atoms with Crippen molar-refractivity contribution in [3.05, 3.63) is 66.2 Å². The van der Waals surface area contributed by atoms with Crippen LogP contribution in [0.5, 0.6) is 11.5 Å². The molecule has 6 rings (SSSR count). The zero-order chi connectivity index (χ0) is 20.3. The summed E-state index contributed by atoms with van der Waals surface area (Å²) in [6.07, 6.45) is 0. The van der Waals surface area contributed by atoms with Gasteiger partial charge in [-0.3, -0.25) is 0 Å². The number of hydroxylamine groups is 3. The first kappa shape index (κ1) is 17.8. The second-order valence-corrected chi connectivity index (χ2v) is 8.35. The third-order valence-corrected chi connectivity index (χ3v) is 6.45. The number of hydrogen-bond acceptors (Lipinski definition) is 3. The highest BCUT2D eigenvalue weighted by molar-refractivity contribution is 6.12. The van der Waals surface area contributed by atoms with Gasteiger partial charge in [-0.2, -0.15) is 9.21 Å². The van der Waals surface area contributed by atoms with Crippen LogP contribution in [-0.4, -0.2) is 36.2 Å². The van der Waals surface area contributed by atoms with E-state index in [0.717, 1.165) is 33.5 Å². The van der Waals surface area contributed by atoms with Crippen LogP contribution < -0.4 is 9.30 Å². The molecule has 1 N–H and O–H groups in total. The lowest BCUT2D eigenvalue weighted by molar-refractivity contribution is -1.12. The topological polar surface area (TPSA) is 42.6 Å². The number of ether oxygens (including phenoxy) is 2. The third kappa shape index (κ3) is 2.63. The van der Waals surface area contributed by atoms with Gasteiger partial charge in [-0.1, -0.05) is 30.3 Å². The fourth-order valence-corrected chi connectivity index (χ4v) is 4.92. The van der Waals surface area contributed by atoms with Crippen LogP contribution in [0.15, 0.2) is 60.7 Å². The summed E-state index contributed by atoms with van der Waals surface area (Å²) in [6.45, 7) is 3.05. The molecule has 3 aromatic carbocycles. The Balaban J connectivity index is 1.59. The number of aryl methyl sites for hydroxylation is 1. The van der Waals surface area contributed by atoms with Gasteiger partial charge in [-0.25, -0.2) is 5.21 Å². The van der Waals surface area contributed by atoms with E-state index in [2.05, 4.69) is 54.1 Å². The predicted octanol–water partition coefficient (Wildman–Crippen LogP) is 4.33. The molecule has 4 aromatic rings. The van der Waals surface area contributed by atoms with Crippen molar-refractivity contribution in [2.45, 2.75) is 6.54 Å². The number of rotatable bonds is 2. The van der Waals surface area contributed by atoms with Crippen molar-refractivity contribution in [2.75, 3.05) is 26.3 Å². The molecule has 5 nitrogen and oxygen atoms in total. The number of quaternary nitrogens is 1. The summed E-state index contributed by atoms with van der Waals surface area (Å²) in [5, 5.41) is 14.5. The lowest BCUT2D eigenvalue weighted by Gasteiger charge is -2.33. The molecule has 1 saturated heterocycles. The highest BCUT2D eigenvalue weighted by Gasteiger charge is 2.32. The minimum absolute atomic E-state index is 0.0382. The second-order valence-electron chi connectivity index (χ2n) is 8.35. The number of hydrogen-bond donors (Lipinski definition) is 1. The Morgan fingerprint density at radius 3 is 2.60 bits per heavy atom. The Labute approximate surface area is 174 Å². The van der Waals surface area contributed by atoms with Gasteiger partial charge in [-0.05, 0) is 24.3 Å². The molecule has 1 fully saturated rings. The van der Waals surface area contributed by atoms with Crippen LogP contribution in [0.1, 0.15) is 5.56 Å². The number of nitrogens with zero attached hydrogens (tertiary/aromatic N) is 2. The molecule has 0 saturated carbocycles. The van der Waals surface area contributed by atoms with Crippen LogP contribution in [0.3, 0.4) is 0 Å². The van der Waals surface area contributed by atoms with E-state index in [-0.39, 0.29) is 4.65 Å². The fraction of sp³-hybridized carbons (Fsp3) is 0.240. The van der Waals surface area contributed by atoms with Crippen molar-refractivity contribution in [2.24, 2.45) is 7.05 Å². The molecule has 3 heterocycles. The number of morpholine rings is 1. The van der Waals surface area contributed by atoms with Crippen molar-refractivity contribution < 1.29 is 23.9 Å². The molecule has 0 unspecified atom stereocenters. The SMILES string of the molecule is C[n+]1c2c3c(cccc3c3ccc(C[N+]4(O)CCOCC4)cc31)Oc1ccccc1-2. The Bertz CT molecular complexity index is 1310. The summed E-state index contributed by atoms with van der Waals surface area (Å²) in [5.41, 5.74) is 4.57. The van der Waals surface area contributed by atoms with Gasteiger partial charge in [-0.15, -0.1) is 0 Å². The van der Waals surface area contributed by atoms with E-state index in [1.54, 1.807) is 0 Å². The summed E-state index contributed by atoms with van der Waals surface area (Å²) in [7, 11) is 2.12. The molecule has 0 spiro atoms. The van der Waals surface area contributed by atoms with Gasteiger partial charge in [0.15, 0.2) is 0 Å². The maximum absolute atomic E-state index is 10.9. The van der Waals surface area contributed by atoms with Gasteiger partial charge in [0.1, 0.15) is 38.2 Å². The maximum atomic E-state index is 10.9. The van der Waals surface area contributed by atoms with Crippen LogP contribution in [-0.2, 0) is 18.3 Å². The van der Waals surface area contributed by atoms with E-state index < -0.39 is 0 Å². The zero-order valence-corrected chi connectivity index (χ0v) is 17.0. The molecule has 0 aliphatic carbocycles. The van der Waals surface area contributed by atoms with E-state index in [9.17, 15) is 5.21 Å². The Morgan fingerprint density at radius 2 is 1.73 bits per heavy atom. The standard InChI is InChI=1S/C25H24N2O3/c1-26-21-15-17(16-27(28)11-13-29-14-12-27)9-10-18(21)19-6-4-8-23-24(19)25(26)20-5-2-3-7-22(20)30-23/h2-10,15,28H,11-14,16H2,1H3/q+2. The number of para-hydroxylation sites is 1. The molecule has 2 aliphatic heterocycles. The Kier molecular flexibility index (Phi) is 3.87. The first-order valence-electron chi connectivity index (χ1n) is 10.4. The summed E-state index contributed by atoms with van der Waals surface area (Å²) in [6, 6.07) is 21.0. The zero-order valence-electron chi connectivity index (χ0n) is 17.0. The van der Waals surface area contributed by atoms with Gasteiger partial charge in [0.2, 0.25) is 11.2 Å². The lowest BCUT2D eigenvalue weighted by atomic mass is 9.95. The van der Waals surface area contributed by atoms with E-state index >= 15 is 0 Å². The molecule has 0 atom stereocenters. The number of aromatic nitrogens is 1. The van der Waals surface area contributed by atoms with E-state index in [0.29, 0.717) is 32.8 Å². The molecular weight excluding hydrogens is 376 g/mol. The highest BCUT2D eigenvalue weighted by Crippen LogP contribution is 2.46. The van der Waals surface area contributed by atoms with Crippen molar-refractivity contribution in [1.82, 2.24) is 0 Å². The third-order valence-electron chi connectivity index (χ3n) is 6.45. The number of benzene rings is 3. The average Bonchev–Trinajstić information content (AvgIpc) is 2.76. The highest BCUT2D eigenvalue weighted by atomic mass is 16.6. The molecule has 150 valence electrons. The molecule has 0 amide bonds. The van der Waals surface area contributed by atoms with Crippen LogP contribution >= 0.6 is 0 Å². The number of fused-ring (bicyclic) bond motifs is 4. The predicted molar refractivity (Wildman–Crippen MR) is 114 cm³/mol. The quantitative estimate of drug-likeness (QED) is 0.273. The second kappa shape index (κ2) is 6.51. The number of pyridine rings is 1. The summed E-state index contributed by atoms with van der Waals surface area (Å²) < 4.78 is 14.0. The Morgan fingerprint density at radius 1 is 0.933 bits per heavy atom. The molecule has 0 radical (unpaired) electrons. The monoisotopic (exact) mass is 400 g/mol. The van der Waals surface area contributed by atoms with Crippen LogP contribution in [0.4, 0.5) is 0 Å². The van der Waals surface area contributed by atoms with Crippen molar-refractivity contribution in [3.8, 4) is 22.8 Å². The normalized spacial score (nSPS) is 17.0. The van der Waals surface area contributed by atoms with Gasteiger partial charge in [0.25, 0.3) is 0 Å². The summed E-state index contributed by atoms with van der Waals surface area (Å²) in [4.78, 5) is 0. The van der Waals surface area contributed by atoms with Gasteiger partial charge >= 0.3 is 0 Å². The Hall–Kier alpha value is -2.99. The smallest absolute Gasteiger partial charge is 0.228 e. The fourth-order valence-electron chi connectivity index (χ4n) is 4.92. The van der Waals surface area contributed by atoms with E-state index in [4.69, 9.17) is 9.47 Å². The van der Waals surface area contributed by atoms with Crippen molar-refractivity contribution >= 4 is 21.7 Å². The first-order chi connectivity index (χ1) is 14.6. The van der Waals surface area contributed by atoms with Crippen molar-refractivity contribution in [3.63, 3.8) is 0 Å². The molecule has 5 heteroatoms. The molecule has 30 heavy (non-hydrogen) atoms. The lowest BCUT2D eigenvalue weighted by Crippen LogP contribution is -2.51. The largest absolute Gasteiger partial charge is 0.456 e. The van der Waals surface area contributed by atoms with E-state index in [1.165, 1.54) is 16.5 Å². The maximum Gasteiger partial charge on any atom is 0.228 e. The summed E-state index contributed by atoms with van der Waals surface area (Å²) in [5.74, 6) is 1.78. The van der Waals surface area contributed by atoms with Gasteiger partial charge in [0.05, 0.1) is 29.5 Å². The van der Waals surface area contributed by atoms with Gasteiger partial charge in [0, 0.05) is 17.0 Å². The minimum atomic E-state index is 0.0382. The van der Waals surface area contributed by atoms with Crippen LogP contribution in [0, 0.1) is 0 Å². The van der Waals surface area contributed by atoms with Crippen LogP contribution in [0.25, 0.3) is 32.9 Å². The first-order valence-corrected chi connectivity index (χ1v) is 10.4. The molecule has 1 aromatic heterocycles. The molecule has 0 bridgehead atoms. The average molecular weight is 400 g/mol. The summed E-state index contributed by atoms with van der Waals surface area (Å²) >= 11 is 0. The van der Waals surface area contributed by atoms with Crippen molar-refractivity contribution in [1.29, 1.82) is 0 Å². The van der Waals surface area contributed by atoms with E-state index in [1.807, 2.05) is 18.2 Å². The van der Waals surface area contributed by atoms with Gasteiger partial charge < -0.3 is 9.47 Å². The van der Waals surface area contributed by atoms with Crippen LogP contribution in [0.2, 0.25) is 0 Å². The minimum Gasteiger partial charge on any atom is -0.456 e. The molecular formula is C25H24N2O3+2. The molecule has 2 aliphatic rings.